The summed E-state index contributed by atoms with van der Waals surface area (Å²) in [4.78, 5) is 4.86. The van der Waals surface area contributed by atoms with E-state index in [1.165, 1.54) is 4.31 Å². The molecule has 0 N–H and O–H groups in total. The van der Waals surface area contributed by atoms with E-state index in [4.69, 9.17) is 4.74 Å². The molecular formula is C16H24N2O3S. The molecule has 0 aromatic heterocycles. The van der Waals surface area contributed by atoms with Gasteiger partial charge in [-0.1, -0.05) is 32.0 Å². The van der Waals surface area contributed by atoms with Crippen molar-refractivity contribution in [3.8, 4) is 0 Å². The number of aliphatic imine (C=N–C) groups is 1. The average molecular weight is 324 g/mol. The molecule has 0 radical (unpaired) electrons. The van der Waals surface area contributed by atoms with Gasteiger partial charge in [0.15, 0.2) is 5.90 Å². The molecule has 0 spiro atoms. The van der Waals surface area contributed by atoms with Crippen molar-refractivity contribution in [3.63, 3.8) is 0 Å². The zero-order valence-electron chi connectivity index (χ0n) is 13.4. The zero-order chi connectivity index (χ0) is 16.2. The molecule has 0 saturated carbocycles. The minimum Gasteiger partial charge on any atom is -0.478 e. The van der Waals surface area contributed by atoms with Gasteiger partial charge in [0.2, 0.25) is 10.0 Å². The van der Waals surface area contributed by atoms with E-state index in [2.05, 4.69) is 11.9 Å². The smallest absolute Gasteiger partial charge is 0.242 e. The number of sulfonamides is 1. The van der Waals surface area contributed by atoms with Crippen LogP contribution in [0.2, 0.25) is 0 Å². The van der Waals surface area contributed by atoms with Crippen molar-refractivity contribution in [3.05, 3.63) is 30.3 Å². The lowest BCUT2D eigenvalue weighted by Crippen LogP contribution is -2.30. The Bertz CT molecular complexity index is 614. The van der Waals surface area contributed by atoms with Gasteiger partial charge in [-0.3, -0.25) is 0 Å². The summed E-state index contributed by atoms with van der Waals surface area (Å²) in [6.45, 7) is 5.21. The maximum Gasteiger partial charge on any atom is 0.242 e. The summed E-state index contributed by atoms with van der Waals surface area (Å²) in [6.07, 6.45) is 1.66. The Morgan fingerprint density at radius 2 is 2.05 bits per heavy atom. The lowest BCUT2D eigenvalue weighted by atomic mass is 10.1. The molecule has 1 aliphatic rings. The highest BCUT2D eigenvalue weighted by atomic mass is 32.2. The van der Waals surface area contributed by atoms with Crippen LogP contribution in [0.25, 0.3) is 0 Å². The number of hydrogen-bond acceptors (Lipinski definition) is 4. The van der Waals surface area contributed by atoms with Crippen LogP contribution in [0.5, 0.6) is 0 Å². The Balaban J connectivity index is 1.94. The molecule has 5 nitrogen and oxygen atoms in total. The maximum atomic E-state index is 12.4. The van der Waals surface area contributed by atoms with Gasteiger partial charge in [0.05, 0.1) is 10.9 Å². The van der Waals surface area contributed by atoms with Gasteiger partial charge in [-0.15, -0.1) is 0 Å². The molecule has 1 aromatic carbocycles. The monoisotopic (exact) mass is 324 g/mol. The fraction of sp³-hybridized carbons (Fsp3) is 0.562. The van der Waals surface area contributed by atoms with Crippen LogP contribution in [0.3, 0.4) is 0 Å². The molecule has 122 valence electrons. The fourth-order valence-electron chi connectivity index (χ4n) is 2.31. The highest BCUT2D eigenvalue weighted by molar-refractivity contribution is 7.89. The molecule has 0 bridgehead atoms. The number of nitrogens with zero attached hydrogens (tertiary/aromatic N) is 2. The highest BCUT2D eigenvalue weighted by Crippen LogP contribution is 2.18. The van der Waals surface area contributed by atoms with Crippen molar-refractivity contribution in [1.82, 2.24) is 4.31 Å². The SMILES string of the molecule is CC[C@@H]1COC([C@@H](C)CCN(C)S(=O)(=O)c2ccccc2)=N1. The van der Waals surface area contributed by atoms with E-state index >= 15 is 0 Å². The van der Waals surface area contributed by atoms with Gasteiger partial charge < -0.3 is 4.74 Å². The molecule has 0 aliphatic carbocycles. The van der Waals surface area contributed by atoms with Crippen LogP contribution >= 0.6 is 0 Å². The standard InChI is InChI=1S/C16H24N2O3S/c1-4-14-12-21-16(17-14)13(2)10-11-18(3)22(19,20)15-8-6-5-7-9-15/h5-9,13-14H,4,10-12H2,1-3H3/t13-,14+/m0/s1. The third-order valence-corrected chi connectivity index (χ3v) is 5.83. The third kappa shape index (κ3) is 3.87. The highest BCUT2D eigenvalue weighted by Gasteiger charge is 2.25. The second kappa shape index (κ2) is 7.24. The van der Waals surface area contributed by atoms with Gasteiger partial charge in [-0.25, -0.2) is 17.7 Å². The Labute approximate surface area is 133 Å². The van der Waals surface area contributed by atoms with E-state index in [-0.39, 0.29) is 12.0 Å². The molecule has 0 saturated heterocycles. The van der Waals surface area contributed by atoms with Gasteiger partial charge >= 0.3 is 0 Å². The van der Waals surface area contributed by atoms with Crippen molar-refractivity contribution in [2.45, 2.75) is 37.6 Å². The van der Waals surface area contributed by atoms with Crippen molar-refractivity contribution in [2.24, 2.45) is 10.9 Å². The van der Waals surface area contributed by atoms with Gasteiger partial charge in [0.1, 0.15) is 6.61 Å². The van der Waals surface area contributed by atoms with E-state index in [0.717, 1.165) is 12.3 Å². The number of hydrogen-bond donors (Lipinski definition) is 0. The molecule has 1 heterocycles. The topological polar surface area (TPSA) is 59.0 Å². The molecular weight excluding hydrogens is 300 g/mol. The Kier molecular flexibility index (Phi) is 5.58. The second-order valence-corrected chi connectivity index (χ2v) is 7.71. The van der Waals surface area contributed by atoms with Crippen LogP contribution < -0.4 is 0 Å². The summed E-state index contributed by atoms with van der Waals surface area (Å²) < 4.78 is 31.9. The first-order chi connectivity index (χ1) is 10.4. The van der Waals surface area contributed by atoms with Gasteiger partial charge in [-0.2, -0.15) is 0 Å². The van der Waals surface area contributed by atoms with Crippen molar-refractivity contribution in [1.29, 1.82) is 0 Å². The van der Waals surface area contributed by atoms with Crippen molar-refractivity contribution in [2.75, 3.05) is 20.2 Å². The average Bonchev–Trinajstić information content (AvgIpc) is 3.02. The lowest BCUT2D eigenvalue weighted by Gasteiger charge is -2.19. The summed E-state index contributed by atoms with van der Waals surface area (Å²) in [5, 5.41) is 0. The summed E-state index contributed by atoms with van der Waals surface area (Å²) in [5.74, 6) is 0.891. The van der Waals surface area contributed by atoms with Gasteiger partial charge in [0, 0.05) is 19.5 Å². The summed E-state index contributed by atoms with van der Waals surface area (Å²) >= 11 is 0. The Hall–Kier alpha value is -1.40. The molecule has 2 atom stereocenters. The number of rotatable bonds is 7. The molecule has 6 heteroatoms. The first-order valence-electron chi connectivity index (χ1n) is 7.67. The van der Waals surface area contributed by atoms with Crippen molar-refractivity contribution < 1.29 is 13.2 Å². The molecule has 22 heavy (non-hydrogen) atoms. The van der Waals surface area contributed by atoms with Crippen molar-refractivity contribution >= 4 is 15.9 Å². The number of benzene rings is 1. The maximum absolute atomic E-state index is 12.4. The number of ether oxygens (including phenoxy) is 1. The second-order valence-electron chi connectivity index (χ2n) is 5.67. The minimum absolute atomic E-state index is 0.130. The first kappa shape index (κ1) is 17.0. The molecule has 0 amide bonds. The summed E-state index contributed by atoms with van der Waals surface area (Å²) in [7, 11) is -1.81. The molecule has 1 aromatic rings. The molecule has 0 unspecified atom stereocenters. The van der Waals surface area contributed by atoms with Crippen LogP contribution in [-0.4, -0.2) is 44.9 Å². The Morgan fingerprint density at radius 3 is 2.64 bits per heavy atom. The summed E-state index contributed by atoms with van der Waals surface area (Å²) in [5.41, 5.74) is 0. The Morgan fingerprint density at radius 1 is 1.36 bits per heavy atom. The van der Waals surface area contributed by atoms with Crippen LogP contribution in [0.4, 0.5) is 0 Å². The lowest BCUT2D eigenvalue weighted by molar-refractivity contribution is 0.292. The predicted molar refractivity (Wildman–Crippen MR) is 87.5 cm³/mol. The van der Waals surface area contributed by atoms with Crippen LogP contribution in [0.15, 0.2) is 40.2 Å². The van der Waals surface area contributed by atoms with Gasteiger partial charge in [-0.05, 0) is 25.0 Å². The predicted octanol–water partition coefficient (Wildman–Crippen LogP) is 2.54. The molecule has 2 rings (SSSR count). The normalized spacial score (nSPS) is 19.8. The first-order valence-corrected chi connectivity index (χ1v) is 9.11. The van der Waals surface area contributed by atoms with Gasteiger partial charge in [0.25, 0.3) is 0 Å². The van der Waals surface area contributed by atoms with E-state index in [0.29, 0.717) is 24.5 Å². The van der Waals surface area contributed by atoms with E-state index in [9.17, 15) is 8.42 Å². The van der Waals surface area contributed by atoms with Crippen LogP contribution in [0, 0.1) is 5.92 Å². The van der Waals surface area contributed by atoms with E-state index in [1.807, 2.05) is 6.92 Å². The molecule has 0 fully saturated rings. The quantitative estimate of drug-likeness (QED) is 0.774. The third-order valence-electron chi connectivity index (χ3n) is 3.95. The van der Waals surface area contributed by atoms with E-state index < -0.39 is 10.0 Å². The van der Waals surface area contributed by atoms with E-state index in [1.54, 1.807) is 37.4 Å². The molecule has 1 aliphatic heterocycles. The van der Waals surface area contributed by atoms with Crippen LogP contribution in [-0.2, 0) is 14.8 Å². The van der Waals surface area contributed by atoms with Crippen LogP contribution in [0.1, 0.15) is 26.7 Å². The minimum atomic E-state index is -3.42. The summed E-state index contributed by atoms with van der Waals surface area (Å²) in [6, 6.07) is 8.76. The zero-order valence-corrected chi connectivity index (χ0v) is 14.2. The largest absolute Gasteiger partial charge is 0.478 e. The fourth-order valence-corrected chi connectivity index (χ4v) is 3.51.